The number of hydrogen-bond acceptors (Lipinski definition) is 4. The molecular weight excluding hydrogens is 330 g/mol. The van der Waals surface area contributed by atoms with Gasteiger partial charge in [0.05, 0.1) is 28.9 Å². The SMILES string of the molecule is O=c1[nH]cnc2c1C(c1ccccc1)c1c(c3ccccc3[nH]c1=O)O2. The maximum Gasteiger partial charge on any atom is 0.258 e. The Balaban J connectivity index is 1.93. The monoisotopic (exact) mass is 343 g/mol. The molecule has 2 N–H and O–H groups in total. The van der Waals surface area contributed by atoms with E-state index in [-0.39, 0.29) is 17.0 Å². The molecule has 26 heavy (non-hydrogen) atoms. The summed E-state index contributed by atoms with van der Waals surface area (Å²) in [4.78, 5) is 35.1. The second-order valence-corrected chi connectivity index (χ2v) is 6.14. The molecule has 6 nitrogen and oxygen atoms in total. The lowest BCUT2D eigenvalue weighted by atomic mass is 9.84. The molecule has 0 radical (unpaired) electrons. The van der Waals surface area contributed by atoms with Gasteiger partial charge in [0.15, 0.2) is 0 Å². The van der Waals surface area contributed by atoms with Crippen molar-refractivity contribution in [2.24, 2.45) is 0 Å². The quantitative estimate of drug-likeness (QED) is 0.490. The Bertz CT molecular complexity index is 1260. The zero-order valence-electron chi connectivity index (χ0n) is 13.5. The summed E-state index contributed by atoms with van der Waals surface area (Å²) in [5, 5.41) is 0.774. The van der Waals surface area contributed by atoms with E-state index in [1.165, 1.54) is 6.33 Å². The number of pyridine rings is 1. The number of nitrogens with zero attached hydrogens (tertiary/aromatic N) is 1. The van der Waals surface area contributed by atoms with Gasteiger partial charge in [-0.05, 0) is 17.7 Å². The number of fused-ring (bicyclic) bond motifs is 4. The van der Waals surface area contributed by atoms with Crippen molar-refractivity contribution in [2.45, 2.75) is 5.92 Å². The summed E-state index contributed by atoms with van der Waals surface area (Å²) in [6.45, 7) is 0. The van der Waals surface area contributed by atoms with Crippen molar-refractivity contribution in [3.8, 4) is 11.6 Å². The lowest BCUT2D eigenvalue weighted by Gasteiger charge is -2.26. The highest BCUT2D eigenvalue weighted by Crippen LogP contribution is 2.45. The van der Waals surface area contributed by atoms with Crippen molar-refractivity contribution in [1.82, 2.24) is 15.0 Å². The molecule has 3 heterocycles. The van der Waals surface area contributed by atoms with Crippen molar-refractivity contribution >= 4 is 10.9 Å². The average molecular weight is 343 g/mol. The van der Waals surface area contributed by atoms with Gasteiger partial charge >= 0.3 is 0 Å². The molecule has 1 unspecified atom stereocenters. The number of nitrogens with one attached hydrogen (secondary N) is 2. The Morgan fingerprint density at radius 2 is 1.65 bits per heavy atom. The van der Waals surface area contributed by atoms with E-state index in [0.717, 1.165) is 10.9 Å². The summed E-state index contributed by atoms with van der Waals surface area (Å²) in [5.74, 6) is 0.121. The van der Waals surface area contributed by atoms with Crippen LogP contribution in [0.2, 0.25) is 0 Å². The van der Waals surface area contributed by atoms with Crippen LogP contribution in [0, 0.1) is 0 Å². The zero-order chi connectivity index (χ0) is 17.7. The van der Waals surface area contributed by atoms with Crippen LogP contribution in [-0.2, 0) is 0 Å². The van der Waals surface area contributed by atoms with E-state index in [0.29, 0.717) is 22.4 Å². The third kappa shape index (κ3) is 2.02. The fourth-order valence-corrected chi connectivity index (χ4v) is 3.55. The van der Waals surface area contributed by atoms with Crippen LogP contribution in [0.5, 0.6) is 11.6 Å². The Kier molecular flexibility index (Phi) is 3.05. The molecule has 4 aromatic rings. The smallest absolute Gasteiger partial charge is 0.258 e. The summed E-state index contributed by atoms with van der Waals surface area (Å²) in [7, 11) is 0. The largest absolute Gasteiger partial charge is 0.437 e. The maximum absolute atomic E-state index is 12.9. The molecule has 1 aliphatic heterocycles. The van der Waals surface area contributed by atoms with Gasteiger partial charge in [0.2, 0.25) is 5.88 Å². The van der Waals surface area contributed by atoms with Crippen molar-refractivity contribution in [2.75, 3.05) is 0 Å². The third-order valence-electron chi connectivity index (χ3n) is 4.67. The first-order valence-electron chi connectivity index (χ1n) is 8.19. The van der Waals surface area contributed by atoms with E-state index < -0.39 is 5.92 Å². The van der Waals surface area contributed by atoms with Gasteiger partial charge in [0, 0.05) is 5.39 Å². The molecule has 0 saturated carbocycles. The highest BCUT2D eigenvalue weighted by atomic mass is 16.5. The van der Waals surface area contributed by atoms with E-state index in [1.807, 2.05) is 54.6 Å². The molecule has 1 aliphatic rings. The first-order valence-corrected chi connectivity index (χ1v) is 8.19. The summed E-state index contributed by atoms with van der Waals surface area (Å²) in [6, 6.07) is 16.9. The van der Waals surface area contributed by atoms with E-state index in [1.54, 1.807) is 0 Å². The van der Waals surface area contributed by atoms with E-state index in [2.05, 4.69) is 15.0 Å². The van der Waals surface area contributed by atoms with Crippen LogP contribution in [-0.4, -0.2) is 15.0 Å². The number of aromatic amines is 2. The van der Waals surface area contributed by atoms with Crippen LogP contribution >= 0.6 is 0 Å². The van der Waals surface area contributed by atoms with Crippen molar-refractivity contribution in [3.05, 3.63) is 98.3 Å². The molecule has 0 spiro atoms. The van der Waals surface area contributed by atoms with Gasteiger partial charge in [0.1, 0.15) is 5.75 Å². The number of hydrogen-bond donors (Lipinski definition) is 2. The van der Waals surface area contributed by atoms with Gasteiger partial charge in [-0.3, -0.25) is 9.59 Å². The highest BCUT2D eigenvalue weighted by Gasteiger charge is 2.35. The molecule has 0 aliphatic carbocycles. The van der Waals surface area contributed by atoms with Crippen LogP contribution in [0.4, 0.5) is 0 Å². The molecule has 6 heteroatoms. The predicted molar refractivity (Wildman–Crippen MR) is 96.9 cm³/mol. The number of para-hydroxylation sites is 1. The molecule has 0 bridgehead atoms. The summed E-state index contributed by atoms with van der Waals surface area (Å²) in [6.07, 6.45) is 1.31. The average Bonchev–Trinajstić information content (AvgIpc) is 2.67. The number of ether oxygens (including phenoxy) is 1. The second-order valence-electron chi connectivity index (χ2n) is 6.14. The zero-order valence-corrected chi connectivity index (χ0v) is 13.5. The molecule has 126 valence electrons. The number of H-pyrrole nitrogens is 2. The Labute approximate surface area is 147 Å². The van der Waals surface area contributed by atoms with Crippen molar-refractivity contribution in [1.29, 1.82) is 0 Å². The topological polar surface area (TPSA) is 87.8 Å². The molecule has 2 aromatic carbocycles. The molecular formula is C20H13N3O3. The van der Waals surface area contributed by atoms with Crippen molar-refractivity contribution in [3.63, 3.8) is 0 Å². The van der Waals surface area contributed by atoms with Gasteiger partial charge in [0.25, 0.3) is 11.1 Å². The molecule has 1 atom stereocenters. The Morgan fingerprint density at radius 1 is 0.885 bits per heavy atom. The van der Waals surface area contributed by atoms with Crippen LogP contribution in [0.25, 0.3) is 10.9 Å². The molecule has 0 saturated heterocycles. The van der Waals surface area contributed by atoms with Crippen molar-refractivity contribution < 1.29 is 4.74 Å². The first-order chi connectivity index (χ1) is 12.7. The third-order valence-corrected chi connectivity index (χ3v) is 4.67. The minimum Gasteiger partial charge on any atom is -0.437 e. The number of benzene rings is 2. The van der Waals surface area contributed by atoms with Crippen LogP contribution in [0.15, 0.2) is 70.5 Å². The van der Waals surface area contributed by atoms with Crippen LogP contribution in [0.3, 0.4) is 0 Å². The van der Waals surface area contributed by atoms with Crippen LogP contribution in [0.1, 0.15) is 22.6 Å². The summed E-state index contributed by atoms with van der Waals surface area (Å²) >= 11 is 0. The fraction of sp³-hybridized carbons (Fsp3) is 0.0500. The minimum atomic E-state index is -0.555. The lowest BCUT2D eigenvalue weighted by Crippen LogP contribution is -2.28. The van der Waals surface area contributed by atoms with Gasteiger partial charge in [-0.1, -0.05) is 42.5 Å². The normalized spacial score (nSPS) is 15.2. The predicted octanol–water partition coefficient (Wildman–Crippen LogP) is 2.90. The molecule has 5 rings (SSSR count). The van der Waals surface area contributed by atoms with Gasteiger partial charge in [-0.2, -0.15) is 0 Å². The van der Waals surface area contributed by atoms with Gasteiger partial charge in [-0.15, -0.1) is 0 Å². The maximum atomic E-state index is 12.9. The second kappa shape index (κ2) is 5.42. The standard InChI is InChI=1S/C20H13N3O3/c24-18-16-14(11-6-2-1-3-7-11)15-17(26-20(16)22-10-21-18)12-8-4-5-9-13(12)23-19(15)25/h1-10,14H,(H,23,25)(H,21,22,24). The highest BCUT2D eigenvalue weighted by molar-refractivity contribution is 5.87. The van der Waals surface area contributed by atoms with E-state index >= 15 is 0 Å². The number of aromatic nitrogens is 3. The minimum absolute atomic E-state index is 0.228. The van der Waals surface area contributed by atoms with Gasteiger partial charge in [-0.25, -0.2) is 4.98 Å². The summed E-state index contributed by atoms with van der Waals surface area (Å²) in [5.41, 5.74) is 1.67. The Morgan fingerprint density at radius 3 is 2.50 bits per heavy atom. The number of rotatable bonds is 1. The molecule has 0 fully saturated rings. The van der Waals surface area contributed by atoms with Crippen LogP contribution < -0.4 is 15.9 Å². The Hall–Kier alpha value is -3.67. The molecule has 0 amide bonds. The molecule has 2 aromatic heterocycles. The lowest BCUT2D eigenvalue weighted by molar-refractivity contribution is 0.433. The van der Waals surface area contributed by atoms with E-state index in [4.69, 9.17) is 4.74 Å². The fourth-order valence-electron chi connectivity index (χ4n) is 3.55. The van der Waals surface area contributed by atoms with Gasteiger partial charge < -0.3 is 14.7 Å². The van der Waals surface area contributed by atoms with E-state index in [9.17, 15) is 9.59 Å². The first kappa shape index (κ1) is 14.7. The summed E-state index contributed by atoms with van der Waals surface area (Å²) < 4.78 is 5.95.